The molecule has 0 aliphatic carbocycles. The smallest absolute Gasteiger partial charge is 0.272 e. The summed E-state index contributed by atoms with van der Waals surface area (Å²) >= 11 is 7.62. The largest absolute Gasteiger partial charge is 0.465 e. The van der Waals surface area contributed by atoms with E-state index in [1.165, 1.54) is 24.1 Å². The molecule has 7 nitrogen and oxygen atoms in total. The van der Waals surface area contributed by atoms with Gasteiger partial charge in [-0.15, -0.1) is 11.8 Å². The van der Waals surface area contributed by atoms with Gasteiger partial charge in [-0.2, -0.15) is 0 Å². The van der Waals surface area contributed by atoms with Crippen LogP contribution in [0.25, 0.3) is 6.08 Å². The Morgan fingerprint density at radius 2 is 1.55 bits per heavy atom. The summed E-state index contributed by atoms with van der Waals surface area (Å²) in [5.74, 6) is -0.788. The number of nitrogens with one attached hydrogen (secondary N) is 3. The topological polar surface area (TPSA) is 100 Å². The molecule has 4 aromatic carbocycles. The van der Waals surface area contributed by atoms with Crippen LogP contribution in [0.2, 0.25) is 5.02 Å². The number of amides is 3. The van der Waals surface area contributed by atoms with E-state index in [0.29, 0.717) is 27.7 Å². The number of rotatable bonds is 10. The van der Waals surface area contributed by atoms with Gasteiger partial charge in [0.05, 0.1) is 6.26 Å². The number of anilines is 2. The van der Waals surface area contributed by atoms with Crippen LogP contribution in [0.3, 0.4) is 0 Å². The first kappa shape index (κ1) is 30.4. The first-order valence-electron chi connectivity index (χ1n) is 13.7. The highest BCUT2D eigenvalue weighted by molar-refractivity contribution is 8.00. The van der Waals surface area contributed by atoms with Crippen molar-refractivity contribution in [3.8, 4) is 0 Å². The van der Waals surface area contributed by atoms with Gasteiger partial charge in [0.15, 0.2) is 0 Å². The third-order valence-corrected chi connectivity index (χ3v) is 8.23. The minimum atomic E-state index is -0.597. The minimum Gasteiger partial charge on any atom is -0.465 e. The lowest BCUT2D eigenvalue weighted by molar-refractivity contribution is -0.116. The van der Waals surface area contributed by atoms with E-state index in [0.717, 1.165) is 16.0 Å². The molecule has 220 valence electrons. The molecule has 5 rings (SSSR count). The first-order valence-corrected chi connectivity index (χ1v) is 14.9. The van der Waals surface area contributed by atoms with E-state index < -0.39 is 17.1 Å². The van der Waals surface area contributed by atoms with Gasteiger partial charge in [0.1, 0.15) is 16.7 Å². The van der Waals surface area contributed by atoms with Crippen LogP contribution < -0.4 is 16.0 Å². The van der Waals surface area contributed by atoms with E-state index in [2.05, 4.69) is 16.0 Å². The number of halogens is 1. The van der Waals surface area contributed by atoms with Crippen LogP contribution in [0.15, 0.2) is 137 Å². The van der Waals surface area contributed by atoms with Crippen LogP contribution in [0.4, 0.5) is 11.4 Å². The van der Waals surface area contributed by atoms with Gasteiger partial charge in [0, 0.05) is 32.9 Å². The molecule has 0 aliphatic heterocycles. The maximum Gasteiger partial charge on any atom is 0.272 e. The third-order valence-electron chi connectivity index (χ3n) is 6.57. The lowest BCUT2D eigenvalue weighted by atomic mass is 10.1. The predicted octanol–water partition coefficient (Wildman–Crippen LogP) is 8.12. The van der Waals surface area contributed by atoms with Crippen LogP contribution in [0.5, 0.6) is 0 Å². The number of furan rings is 1. The average molecular weight is 622 g/mol. The molecule has 5 aromatic rings. The molecule has 44 heavy (non-hydrogen) atoms. The molecule has 3 amide bonds. The van der Waals surface area contributed by atoms with E-state index in [9.17, 15) is 14.4 Å². The van der Waals surface area contributed by atoms with Gasteiger partial charge < -0.3 is 20.4 Å². The molecular weight excluding hydrogens is 594 g/mol. The van der Waals surface area contributed by atoms with E-state index >= 15 is 0 Å². The number of thioether (sulfide) groups is 1. The molecule has 0 bridgehead atoms. The molecule has 0 radical (unpaired) electrons. The van der Waals surface area contributed by atoms with Crippen molar-refractivity contribution in [2.45, 2.75) is 17.1 Å². The zero-order valence-corrected chi connectivity index (χ0v) is 25.2. The normalized spacial score (nSPS) is 11.8. The fourth-order valence-electron chi connectivity index (χ4n) is 4.28. The van der Waals surface area contributed by atoms with Crippen molar-refractivity contribution >= 4 is 58.5 Å². The fraction of sp³-hybridized carbons (Fsp3) is 0.0571. The lowest BCUT2D eigenvalue weighted by Gasteiger charge is -2.19. The summed E-state index contributed by atoms with van der Waals surface area (Å²) in [5.41, 5.74) is 3.13. The molecular formula is C35H28ClN3O4S. The van der Waals surface area contributed by atoms with Gasteiger partial charge in [-0.25, -0.2) is 0 Å². The Morgan fingerprint density at radius 1 is 0.818 bits per heavy atom. The van der Waals surface area contributed by atoms with Crippen LogP contribution in [-0.4, -0.2) is 17.7 Å². The van der Waals surface area contributed by atoms with Gasteiger partial charge in [-0.3, -0.25) is 14.4 Å². The highest BCUT2D eigenvalue weighted by Gasteiger charge is 2.23. The molecule has 0 saturated heterocycles. The van der Waals surface area contributed by atoms with Gasteiger partial charge >= 0.3 is 0 Å². The Bertz CT molecular complexity index is 1790. The fourth-order valence-corrected chi connectivity index (χ4v) is 5.54. The molecule has 1 aromatic heterocycles. The highest BCUT2D eigenvalue weighted by atomic mass is 35.5. The van der Waals surface area contributed by atoms with E-state index in [-0.39, 0.29) is 11.6 Å². The number of benzene rings is 4. The Balaban J connectivity index is 1.36. The average Bonchev–Trinajstić information content (AvgIpc) is 3.56. The second kappa shape index (κ2) is 14.4. The van der Waals surface area contributed by atoms with Gasteiger partial charge in [-0.05, 0) is 72.6 Å². The van der Waals surface area contributed by atoms with E-state index in [1.54, 1.807) is 72.8 Å². The number of carbonyl (C=O) groups excluding carboxylic acids is 3. The molecule has 3 N–H and O–H groups in total. The predicted molar refractivity (Wildman–Crippen MR) is 176 cm³/mol. The maximum absolute atomic E-state index is 13.6. The molecule has 1 heterocycles. The summed E-state index contributed by atoms with van der Waals surface area (Å²) in [5, 5.41) is 8.53. The van der Waals surface area contributed by atoms with Gasteiger partial charge in [0.25, 0.3) is 11.8 Å². The number of hydrogen-bond acceptors (Lipinski definition) is 5. The van der Waals surface area contributed by atoms with Crippen molar-refractivity contribution in [2.24, 2.45) is 0 Å². The summed E-state index contributed by atoms with van der Waals surface area (Å²) in [6, 6.07) is 34.0. The summed E-state index contributed by atoms with van der Waals surface area (Å²) in [6.07, 6.45) is 2.94. The minimum absolute atomic E-state index is 0.00490. The number of carbonyl (C=O) groups is 3. The van der Waals surface area contributed by atoms with Crippen LogP contribution in [0.1, 0.15) is 32.5 Å². The van der Waals surface area contributed by atoms with Crippen molar-refractivity contribution in [1.29, 1.82) is 0 Å². The molecule has 0 saturated carbocycles. The third kappa shape index (κ3) is 7.86. The van der Waals surface area contributed by atoms with E-state index in [4.69, 9.17) is 16.0 Å². The van der Waals surface area contributed by atoms with Crippen LogP contribution in [-0.2, 0) is 9.59 Å². The summed E-state index contributed by atoms with van der Waals surface area (Å²) in [7, 11) is 0. The van der Waals surface area contributed by atoms with Crippen LogP contribution >= 0.6 is 23.4 Å². The summed E-state index contributed by atoms with van der Waals surface area (Å²) in [4.78, 5) is 40.6. The molecule has 0 fully saturated rings. The Kier molecular flexibility index (Phi) is 9.96. The Hall–Kier alpha value is -5.05. The first-order chi connectivity index (χ1) is 21.4. The molecule has 1 atom stereocenters. The van der Waals surface area contributed by atoms with Crippen molar-refractivity contribution in [1.82, 2.24) is 5.32 Å². The van der Waals surface area contributed by atoms with E-state index in [1.807, 2.05) is 49.4 Å². The monoisotopic (exact) mass is 621 g/mol. The zero-order valence-electron chi connectivity index (χ0n) is 23.6. The molecule has 9 heteroatoms. The summed E-state index contributed by atoms with van der Waals surface area (Å²) < 4.78 is 5.38. The molecule has 1 unspecified atom stereocenters. The zero-order chi connectivity index (χ0) is 30.9. The Labute approximate surface area is 264 Å². The second-order valence-corrected chi connectivity index (χ2v) is 11.3. The maximum atomic E-state index is 13.6. The van der Waals surface area contributed by atoms with Gasteiger partial charge in [-0.1, -0.05) is 72.3 Å². The van der Waals surface area contributed by atoms with Crippen molar-refractivity contribution < 1.29 is 18.8 Å². The van der Waals surface area contributed by atoms with Crippen molar-refractivity contribution in [3.63, 3.8) is 0 Å². The highest BCUT2D eigenvalue weighted by Crippen LogP contribution is 2.37. The SMILES string of the molecule is Cc1c(Cl)cccc1NC(=O)C(Sc1cccc(NC(=O)/C(=C/c2ccco2)NC(=O)c2ccccc2)c1)c1ccccc1. The Morgan fingerprint density at radius 3 is 2.27 bits per heavy atom. The van der Waals surface area contributed by atoms with Crippen LogP contribution in [0, 0.1) is 6.92 Å². The van der Waals surface area contributed by atoms with Gasteiger partial charge in [0.2, 0.25) is 5.91 Å². The lowest BCUT2D eigenvalue weighted by Crippen LogP contribution is -2.30. The second-order valence-electron chi connectivity index (χ2n) is 9.69. The standard InChI is InChI=1S/C35H28ClN3O4S/c1-23-29(36)18-9-19-30(23)38-35(42)32(24-11-4-2-5-12-24)44-28-17-8-15-26(21-28)37-34(41)31(22-27-16-10-20-43-27)39-33(40)25-13-6-3-7-14-25/h2-22,32H,1H3,(H,37,41)(H,38,42)(H,39,40)/b31-22-. The quantitative estimate of drug-likeness (QED) is 0.108. The van der Waals surface area contributed by atoms with Crippen molar-refractivity contribution in [2.75, 3.05) is 10.6 Å². The molecule has 0 aliphatic rings. The number of hydrogen-bond donors (Lipinski definition) is 3. The summed E-state index contributed by atoms with van der Waals surface area (Å²) in [6.45, 7) is 1.85. The van der Waals surface area contributed by atoms with Crippen molar-refractivity contribution in [3.05, 3.63) is 155 Å². The molecule has 0 spiro atoms.